The molecule has 2 amide bonds. The summed E-state index contributed by atoms with van der Waals surface area (Å²) in [7, 11) is 0. The Morgan fingerprint density at radius 2 is 1.85 bits per heavy atom. The van der Waals surface area contributed by atoms with Gasteiger partial charge >= 0.3 is 6.09 Å². The molecule has 2 aliphatic rings. The highest BCUT2D eigenvalue weighted by Crippen LogP contribution is 2.51. The molecule has 0 spiro atoms. The normalized spacial score (nSPS) is 19.2. The molecule has 4 rings (SSSR count). The Balaban J connectivity index is 1.47. The van der Waals surface area contributed by atoms with E-state index in [1.165, 1.54) is 11.8 Å². The summed E-state index contributed by atoms with van der Waals surface area (Å²) in [5.74, 6) is -0.527. The van der Waals surface area contributed by atoms with Gasteiger partial charge in [-0.05, 0) is 65.8 Å². The van der Waals surface area contributed by atoms with E-state index in [9.17, 15) is 14.4 Å². The van der Waals surface area contributed by atoms with E-state index in [4.69, 9.17) is 25.8 Å². The minimum absolute atomic E-state index is 0.00504. The molecule has 2 aliphatic heterocycles. The molecule has 1 saturated heterocycles. The Bertz CT molecular complexity index is 1350. The summed E-state index contributed by atoms with van der Waals surface area (Å²) in [5.41, 5.74) is 1.43. The Morgan fingerprint density at radius 1 is 1.21 bits per heavy atom. The van der Waals surface area contributed by atoms with Gasteiger partial charge in [-0.15, -0.1) is 11.8 Å². The number of ether oxygens (including phenoxy) is 3. The number of aryl methyl sites for hydroxylation is 1. The highest BCUT2D eigenvalue weighted by molar-refractivity contribution is 7.98. The van der Waals surface area contributed by atoms with E-state index < -0.39 is 11.4 Å². The number of rotatable bonds is 5. The lowest BCUT2D eigenvalue weighted by Crippen LogP contribution is -2.50. The number of nitrogens with one attached hydrogen (secondary N) is 2. The summed E-state index contributed by atoms with van der Waals surface area (Å²) in [6.45, 7) is 12.1. The zero-order valence-corrected chi connectivity index (χ0v) is 25.0. The van der Waals surface area contributed by atoms with E-state index >= 15 is 0 Å². The van der Waals surface area contributed by atoms with E-state index in [0.29, 0.717) is 54.1 Å². The van der Waals surface area contributed by atoms with Crippen LogP contribution in [0.4, 0.5) is 4.79 Å². The number of aromatic nitrogens is 1. The summed E-state index contributed by atoms with van der Waals surface area (Å²) < 4.78 is 18.1. The lowest BCUT2D eigenvalue weighted by atomic mass is 9.89. The number of likely N-dealkylation sites (tertiary alicyclic amines) is 1. The first-order chi connectivity index (χ1) is 18.2. The molecule has 11 heteroatoms. The number of carbonyl (C=O) groups excluding carboxylic acids is 2. The lowest BCUT2D eigenvalue weighted by Gasteiger charge is -2.39. The molecule has 0 radical (unpaired) electrons. The molecule has 2 N–H and O–H groups in total. The standard InChI is InChI=1S/C28H36ClN3O6S/c1-15-12-21(39-7)19(25(34)31-15)14-30-24(33)18-13-20(29)23-22(16(18)2)36-28(6,37-23)17-8-10-32(11-9-17)26(35)38-27(3,4)5/h12-13,17H,8-11,14H2,1-7H3,(H,30,33)(H,31,34). The number of amides is 2. The predicted molar refractivity (Wildman–Crippen MR) is 151 cm³/mol. The van der Waals surface area contributed by atoms with Gasteiger partial charge in [0.2, 0.25) is 0 Å². The van der Waals surface area contributed by atoms with Crippen molar-refractivity contribution in [2.75, 3.05) is 19.3 Å². The van der Waals surface area contributed by atoms with Crippen LogP contribution in [0.15, 0.2) is 21.8 Å². The fourth-order valence-corrected chi connectivity index (χ4v) is 5.90. The summed E-state index contributed by atoms with van der Waals surface area (Å²) in [5, 5.41) is 3.12. The van der Waals surface area contributed by atoms with Crippen molar-refractivity contribution in [3.8, 4) is 11.5 Å². The van der Waals surface area contributed by atoms with Gasteiger partial charge in [-0.1, -0.05) is 11.6 Å². The molecule has 0 bridgehead atoms. The fourth-order valence-electron chi connectivity index (χ4n) is 4.96. The number of pyridine rings is 1. The number of thioether (sulfide) groups is 1. The van der Waals surface area contributed by atoms with Crippen LogP contribution in [-0.2, 0) is 11.3 Å². The molecule has 0 aliphatic carbocycles. The van der Waals surface area contributed by atoms with E-state index in [2.05, 4.69) is 10.3 Å². The first-order valence-electron chi connectivity index (χ1n) is 13.0. The molecule has 9 nitrogen and oxygen atoms in total. The number of halogens is 1. The van der Waals surface area contributed by atoms with Crippen molar-refractivity contribution in [1.29, 1.82) is 0 Å². The topological polar surface area (TPSA) is 110 Å². The van der Waals surface area contributed by atoms with Gasteiger partial charge in [0.05, 0.1) is 5.02 Å². The number of piperidine rings is 1. The third-order valence-electron chi connectivity index (χ3n) is 7.06. The molecule has 0 saturated carbocycles. The third kappa shape index (κ3) is 6.17. The monoisotopic (exact) mass is 577 g/mol. The predicted octanol–water partition coefficient (Wildman–Crippen LogP) is 5.43. The fraction of sp³-hybridized carbons (Fsp3) is 0.536. The number of fused-ring (bicyclic) bond motifs is 1. The van der Waals surface area contributed by atoms with Crippen molar-refractivity contribution in [3.63, 3.8) is 0 Å². The lowest BCUT2D eigenvalue weighted by molar-refractivity contribution is -0.124. The van der Waals surface area contributed by atoms with Crippen LogP contribution in [0.25, 0.3) is 0 Å². The Labute approximate surface area is 237 Å². The quantitative estimate of drug-likeness (QED) is 0.456. The second-order valence-electron chi connectivity index (χ2n) is 11.2. The zero-order chi connectivity index (χ0) is 28.7. The van der Waals surface area contributed by atoms with Crippen LogP contribution in [0.1, 0.15) is 67.7 Å². The molecular weight excluding hydrogens is 542 g/mol. The molecule has 212 valence electrons. The summed E-state index contributed by atoms with van der Waals surface area (Å²) in [4.78, 5) is 43.4. The first kappa shape index (κ1) is 29.1. The number of benzene rings is 1. The minimum atomic E-state index is -0.992. The highest BCUT2D eigenvalue weighted by Gasteiger charge is 2.48. The Hall–Kier alpha value is -2.85. The number of H-pyrrole nitrogens is 1. The average Bonchev–Trinajstić information content (AvgIpc) is 3.24. The molecular formula is C28H36ClN3O6S. The summed E-state index contributed by atoms with van der Waals surface area (Å²) in [6.07, 6.45) is 2.89. The number of hydrogen-bond acceptors (Lipinski definition) is 7. The van der Waals surface area contributed by atoms with Gasteiger partial charge in [-0.3, -0.25) is 9.59 Å². The average molecular weight is 578 g/mol. The Morgan fingerprint density at radius 3 is 2.46 bits per heavy atom. The van der Waals surface area contributed by atoms with E-state index in [-0.39, 0.29) is 35.0 Å². The van der Waals surface area contributed by atoms with Crippen LogP contribution in [0.5, 0.6) is 11.5 Å². The van der Waals surface area contributed by atoms with Crippen molar-refractivity contribution >= 4 is 35.4 Å². The van der Waals surface area contributed by atoms with Crippen molar-refractivity contribution in [1.82, 2.24) is 15.2 Å². The SMILES string of the molecule is CSc1cc(C)[nH]c(=O)c1CNC(=O)c1cc(Cl)c2c(c1C)OC(C)(C1CCN(C(=O)OC(C)(C)C)CC1)O2. The van der Waals surface area contributed by atoms with Crippen LogP contribution in [0, 0.1) is 19.8 Å². The van der Waals surface area contributed by atoms with Crippen LogP contribution < -0.4 is 20.3 Å². The van der Waals surface area contributed by atoms with Crippen molar-refractivity contribution in [3.05, 3.63) is 49.9 Å². The zero-order valence-electron chi connectivity index (χ0n) is 23.5. The molecule has 1 atom stereocenters. The number of aromatic amines is 1. The van der Waals surface area contributed by atoms with Gasteiger partial charge in [-0.25, -0.2) is 4.79 Å². The number of hydrogen-bond donors (Lipinski definition) is 2. The van der Waals surface area contributed by atoms with E-state index in [0.717, 1.165) is 10.6 Å². The van der Waals surface area contributed by atoms with E-state index in [1.807, 2.05) is 46.9 Å². The van der Waals surface area contributed by atoms with E-state index in [1.54, 1.807) is 17.9 Å². The van der Waals surface area contributed by atoms with Crippen LogP contribution in [0.3, 0.4) is 0 Å². The summed E-state index contributed by atoms with van der Waals surface area (Å²) in [6, 6.07) is 3.45. The maximum Gasteiger partial charge on any atom is 0.410 e. The molecule has 1 unspecified atom stereocenters. The summed E-state index contributed by atoms with van der Waals surface area (Å²) >= 11 is 8.03. The first-order valence-corrected chi connectivity index (χ1v) is 14.6. The smallest absolute Gasteiger partial charge is 0.410 e. The van der Waals surface area contributed by atoms with Gasteiger partial charge in [0.1, 0.15) is 5.60 Å². The molecule has 1 aromatic carbocycles. The van der Waals surface area contributed by atoms with Crippen LogP contribution in [-0.4, -0.2) is 52.6 Å². The van der Waals surface area contributed by atoms with Crippen molar-refractivity contribution in [2.45, 2.75) is 77.2 Å². The highest BCUT2D eigenvalue weighted by atomic mass is 35.5. The molecule has 1 aromatic heterocycles. The second-order valence-corrected chi connectivity index (χ2v) is 12.4. The van der Waals surface area contributed by atoms with Gasteiger partial charge < -0.3 is 29.4 Å². The van der Waals surface area contributed by atoms with Crippen molar-refractivity contribution < 1.29 is 23.8 Å². The van der Waals surface area contributed by atoms with Gasteiger partial charge in [0.25, 0.3) is 17.3 Å². The second kappa shape index (κ2) is 11.0. The van der Waals surface area contributed by atoms with Crippen molar-refractivity contribution in [2.24, 2.45) is 5.92 Å². The molecule has 1 fully saturated rings. The van der Waals surface area contributed by atoms with Crippen LogP contribution in [0.2, 0.25) is 5.02 Å². The Kier molecular flexibility index (Phi) is 8.19. The molecule has 3 heterocycles. The largest absolute Gasteiger partial charge is 0.448 e. The minimum Gasteiger partial charge on any atom is -0.448 e. The van der Waals surface area contributed by atoms with Gasteiger partial charge in [-0.2, -0.15) is 0 Å². The maximum absolute atomic E-state index is 13.2. The van der Waals surface area contributed by atoms with Crippen LogP contribution >= 0.6 is 23.4 Å². The number of carbonyl (C=O) groups is 2. The van der Waals surface area contributed by atoms with Gasteiger partial charge in [0, 0.05) is 59.8 Å². The number of nitrogens with zero attached hydrogens (tertiary/aromatic N) is 1. The molecule has 39 heavy (non-hydrogen) atoms. The molecule has 2 aromatic rings. The maximum atomic E-state index is 13.2. The third-order valence-corrected chi connectivity index (χ3v) is 8.14. The van der Waals surface area contributed by atoms with Gasteiger partial charge in [0.15, 0.2) is 11.5 Å².